The van der Waals surface area contributed by atoms with Gasteiger partial charge in [-0.1, -0.05) is 146 Å². The molecule has 50 heavy (non-hydrogen) atoms. The molecule has 0 N–H and O–H groups in total. The van der Waals surface area contributed by atoms with E-state index >= 15 is 0 Å². The Labute approximate surface area is 293 Å². The summed E-state index contributed by atoms with van der Waals surface area (Å²) in [6, 6.07) is 62.1. The maximum absolute atomic E-state index is 6.43. The highest BCUT2D eigenvalue weighted by Crippen LogP contribution is 2.49. The Morgan fingerprint density at radius 1 is 0.320 bits per heavy atom. The summed E-state index contributed by atoms with van der Waals surface area (Å²) >= 11 is 1.88. The van der Waals surface area contributed by atoms with Crippen molar-refractivity contribution in [2.45, 2.75) is 0 Å². The van der Waals surface area contributed by atoms with Crippen LogP contribution in [0.25, 0.3) is 109 Å². The fourth-order valence-electron chi connectivity index (χ4n) is 8.20. The van der Waals surface area contributed by atoms with Crippen LogP contribution < -0.4 is 0 Å². The topological polar surface area (TPSA) is 13.1 Å². The van der Waals surface area contributed by atoms with Gasteiger partial charge in [0, 0.05) is 36.5 Å². The Kier molecular flexibility index (Phi) is 5.89. The van der Waals surface area contributed by atoms with Crippen LogP contribution in [0.15, 0.2) is 174 Å². The average Bonchev–Trinajstić information content (AvgIpc) is 3.75. The molecule has 2 aromatic heterocycles. The Hall–Kier alpha value is -6.22. The molecular weight excluding hydrogens is 625 g/mol. The molecule has 0 bridgehead atoms. The van der Waals surface area contributed by atoms with E-state index in [0.29, 0.717) is 0 Å². The molecule has 0 radical (unpaired) electrons. The van der Waals surface area contributed by atoms with Crippen LogP contribution in [0.4, 0.5) is 0 Å². The molecule has 0 amide bonds. The standard InChI is InChI=1S/C48H28OS/c1-2-12-34-33(11-1)35-13-3-4-15-37(35)39-25-23-30(27-43(39)38-16-6-5-14-36(34)38)32-19-10-21-42-44-28-29(24-26-46(44)50-48(32)42)31-18-9-20-41-40-17-7-8-22-45(40)49-47(31)41/h1-28H. The number of para-hydroxylation sites is 2. The smallest absolute Gasteiger partial charge is 0.143 e. The van der Waals surface area contributed by atoms with Gasteiger partial charge < -0.3 is 4.42 Å². The van der Waals surface area contributed by atoms with Crippen LogP contribution in [0.3, 0.4) is 0 Å². The number of thiophene rings is 1. The molecular formula is C48H28OS. The molecule has 1 nitrogen and oxygen atoms in total. The van der Waals surface area contributed by atoms with Gasteiger partial charge in [-0.25, -0.2) is 0 Å². The third-order valence-electron chi connectivity index (χ3n) is 10.5. The van der Waals surface area contributed by atoms with E-state index in [0.717, 1.165) is 27.5 Å². The first-order valence-electron chi connectivity index (χ1n) is 17.1. The number of hydrogen-bond acceptors (Lipinski definition) is 2. The summed E-state index contributed by atoms with van der Waals surface area (Å²) in [6.45, 7) is 0. The Balaban J connectivity index is 1.11. The highest BCUT2D eigenvalue weighted by molar-refractivity contribution is 7.26. The molecule has 232 valence electrons. The van der Waals surface area contributed by atoms with Crippen LogP contribution in [0.2, 0.25) is 0 Å². The van der Waals surface area contributed by atoms with Gasteiger partial charge in [0.05, 0.1) is 0 Å². The van der Waals surface area contributed by atoms with E-state index in [4.69, 9.17) is 4.42 Å². The second-order valence-electron chi connectivity index (χ2n) is 13.2. The maximum atomic E-state index is 6.43. The summed E-state index contributed by atoms with van der Waals surface area (Å²) < 4.78 is 9.03. The molecule has 10 aromatic rings. The van der Waals surface area contributed by atoms with Crippen LogP contribution in [-0.4, -0.2) is 0 Å². The van der Waals surface area contributed by atoms with Gasteiger partial charge in [0.15, 0.2) is 0 Å². The van der Waals surface area contributed by atoms with Crippen LogP contribution in [-0.2, 0) is 0 Å². The predicted octanol–water partition coefficient (Wildman–Crippen LogP) is 14.3. The number of benzene rings is 8. The molecule has 0 atom stereocenters. The monoisotopic (exact) mass is 652 g/mol. The average molecular weight is 653 g/mol. The first-order chi connectivity index (χ1) is 24.8. The zero-order valence-electron chi connectivity index (χ0n) is 27.0. The van der Waals surface area contributed by atoms with E-state index in [1.807, 2.05) is 17.4 Å². The van der Waals surface area contributed by atoms with Gasteiger partial charge in [-0.2, -0.15) is 0 Å². The molecule has 1 aliphatic rings. The minimum absolute atomic E-state index is 0.924. The fraction of sp³-hybridized carbons (Fsp3) is 0. The Bertz CT molecular complexity index is 2990. The Morgan fingerprint density at radius 3 is 1.52 bits per heavy atom. The molecule has 2 heterocycles. The molecule has 0 fully saturated rings. The zero-order chi connectivity index (χ0) is 32.8. The van der Waals surface area contributed by atoms with Crippen molar-refractivity contribution in [1.29, 1.82) is 0 Å². The van der Waals surface area contributed by atoms with E-state index in [9.17, 15) is 0 Å². The molecule has 0 aliphatic heterocycles. The SMILES string of the molecule is c1ccc2c(c1)-c1ccccc1-c1ccc(-c3cccc4c3sc3ccc(-c5cccc6c5oc5ccccc56)cc34)cc1-c1ccccc1-2. The summed E-state index contributed by atoms with van der Waals surface area (Å²) in [5.41, 5.74) is 16.8. The summed E-state index contributed by atoms with van der Waals surface area (Å²) in [7, 11) is 0. The summed E-state index contributed by atoms with van der Waals surface area (Å²) in [6.07, 6.45) is 0. The number of hydrogen-bond donors (Lipinski definition) is 0. The largest absolute Gasteiger partial charge is 0.455 e. The predicted molar refractivity (Wildman–Crippen MR) is 213 cm³/mol. The van der Waals surface area contributed by atoms with Gasteiger partial charge in [-0.05, 0) is 85.5 Å². The van der Waals surface area contributed by atoms with E-state index < -0.39 is 0 Å². The second-order valence-corrected chi connectivity index (χ2v) is 14.2. The zero-order valence-corrected chi connectivity index (χ0v) is 27.8. The van der Waals surface area contributed by atoms with Crippen LogP contribution in [0.1, 0.15) is 0 Å². The van der Waals surface area contributed by atoms with Crippen molar-refractivity contribution >= 4 is 53.4 Å². The van der Waals surface area contributed by atoms with Crippen LogP contribution >= 0.6 is 11.3 Å². The third kappa shape index (κ3) is 4.00. The first kappa shape index (κ1) is 27.7. The van der Waals surface area contributed by atoms with Gasteiger partial charge in [-0.15, -0.1) is 11.3 Å². The van der Waals surface area contributed by atoms with Crippen molar-refractivity contribution in [3.05, 3.63) is 170 Å². The molecule has 0 spiro atoms. The van der Waals surface area contributed by atoms with Gasteiger partial charge in [0.25, 0.3) is 0 Å². The highest BCUT2D eigenvalue weighted by atomic mass is 32.1. The lowest BCUT2D eigenvalue weighted by Gasteiger charge is -2.23. The van der Waals surface area contributed by atoms with Crippen LogP contribution in [0.5, 0.6) is 0 Å². The van der Waals surface area contributed by atoms with E-state index in [1.165, 1.54) is 81.4 Å². The molecule has 0 saturated heterocycles. The maximum Gasteiger partial charge on any atom is 0.143 e. The molecule has 8 aromatic carbocycles. The van der Waals surface area contributed by atoms with Gasteiger partial charge in [-0.3, -0.25) is 0 Å². The van der Waals surface area contributed by atoms with Gasteiger partial charge >= 0.3 is 0 Å². The molecule has 0 saturated carbocycles. The minimum atomic E-state index is 0.924. The van der Waals surface area contributed by atoms with Gasteiger partial charge in [0.1, 0.15) is 11.2 Å². The molecule has 2 heteroatoms. The summed E-state index contributed by atoms with van der Waals surface area (Å²) in [5.74, 6) is 0. The number of rotatable bonds is 2. The fourth-order valence-corrected chi connectivity index (χ4v) is 9.41. The number of fused-ring (bicyclic) bond motifs is 14. The quantitative estimate of drug-likeness (QED) is 0.181. The lowest BCUT2D eigenvalue weighted by molar-refractivity contribution is 0.670. The first-order valence-corrected chi connectivity index (χ1v) is 17.9. The molecule has 1 aliphatic carbocycles. The number of furan rings is 1. The normalized spacial score (nSPS) is 12.0. The van der Waals surface area contributed by atoms with E-state index in [2.05, 4.69) is 164 Å². The van der Waals surface area contributed by atoms with E-state index in [1.54, 1.807) is 0 Å². The van der Waals surface area contributed by atoms with Crippen molar-refractivity contribution in [3.8, 4) is 66.8 Å². The van der Waals surface area contributed by atoms with E-state index in [-0.39, 0.29) is 0 Å². The van der Waals surface area contributed by atoms with Crippen molar-refractivity contribution in [1.82, 2.24) is 0 Å². The van der Waals surface area contributed by atoms with Crippen LogP contribution in [0, 0.1) is 0 Å². The van der Waals surface area contributed by atoms with Crippen molar-refractivity contribution < 1.29 is 4.42 Å². The Morgan fingerprint density at radius 2 is 0.820 bits per heavy atom. The summed E-state index contributed by atoms with van der Waals surface area (Å²) in [5, 5.41) is 4.87. The third-order valence-corrected chi connectivity index (χ3v) is 11.7. The second kappa shape index (κ2) is 10.6. The summed E-state index contributed by atoms with van der Waals surface area (Å²) in [4.78, 5) is 0. The minimum Gasteiger partial charge on any atom is -0.455 e. The highest BCUT2D eigenvalue weighted by Gasteiger charge is 2.22. The van der Waals surface area contributed by atoms with Gasteiger partial charge in [0.2, 0.25) is 0 Å². The lowest BCUT2D eigenvalue weighted by Crippen LogP contribution is -1.97. The van der Waals surface area contributed by atoms with Crippen molar-refractivity contribution in [2.24, 2.45) is 0 Å². The molecule has 11 rings (SSSR count). The van der Waals surface area contributed by atoms with Crippen molar-refractivity contribution in [2.75, 3.05) is 0 Å². The van der Waals surface area contributed by atoms with Crippen molar-refractivity contribution in [3.63, 3.8) is 0 Å². The molecule has 0 unspecified atom stereocenters. The lowest BCUT2D eigenvalue weighted by atomic mass is 9.80.